The van der Waals surface area contributed by atoms with Gasteiger partial charge in [-0.2, -0.15) is 0 Å². The largest absolute Gasteiger partial charge is 0.472 e. The molecule has 0 saturated heterocycles. The van der Waals surface area contributed by atoms with Gasteiger partial charge in [0.15, 0.2) is 6.10 Å². The van der Waals surface area contributed by atoms with Crippen molar-refractivity contribution in [3.05, 3.63) is 85.1 Å². The molecule has 3 unspecified atom stereocenters. The second-order valence-electron chi connectivity index (χ2n) is 19.4. The molecule has 0 heterocycles. The number of aliphatic hydroxyl groups is 1. The van der Waals surface area contributed by atoms with E-state index in [1.54, 1.807) is 0 Å². The van der Waals surface area contributed by atoms with E-state index in [2.05, 4.69) is 106 Å². The van der Waals surface area contributed by atoms with Gasteiger partial charge in [-0.25, -0.2) is 4.57 Å². The van der Waals surface area contributed by atoms with Crippen LogP contribution in [0.15, 0.2) is 85.1 Å². The maximum atomic E-state index is 12.9. The summed E-state index contributed by atoms with van der Waals surface area (Å²) in [5, 5.41) is 9.80. The standard InChI is InChI=1S/C62H107O11P/c1-4-7-10-13-16-19-22-24-26-28-29-31-32-34-37-39-42-45-48-51-60(64)69-55-59(73-62(66)53-50-47-44-41-38-35-33-30-27-25-23-20-17-14-11-8-5-2)57-71-74(67,68)70-56-58(54-63)72-61(65)52-49-46-43-40-36-21-18-15-12-9-6-3/h8,11,16-17,19-20,24-27,29,31,33,35,58-59,63H,4-7,9-10,12-15,18,21-23,28,30,32,34,36-57H2,1-3H3,(H,67,68)/b11-8-,19-16-,20-17-,26-24-,27-25-,31-29-,35-33-. The minimum Gasteiger partial charge on any atom is -0.462 e. The van der Waals surface area contributed by atoms with Gasteiger partial charge in [0.2, 0.25) is 0 Å². The van der Waals surface area contributed by atoms with Crippen LogP contribution in [0.2, 0.25) is 0 Å². The fourth-order valence-electron chi connectivity index (χ4n) is 7.82. The molecule has 426 valence electrons. The zero-order valence-corrected chi connectivity index (χ0v) is 47.9. The predicted molar refractivity (Wildman–Crippen MR) is 307 cm³/mol. The van der Waals surface area contributed by atoms with Gasteiger partial charge in [-0.1, -0.05) is 221 Å². The zero-order chi connectivity index (χ0) is 54.1. The summed E-state index contributed by atoms with van der Waals surface area (Å²) in [4.78, 5) is 48.5. The van der Waals surface area contributed by atoms with Crippen LogP contribution in [0.5, 0.6) is 0 Å². The van der Waals surface area contributed by atoms with Gasteiger partial charge in [-0.3, -0.25) is 23.4 Å². The van der Waals surface area contributed by atoms with Gasteiger partial charge in [-0.05, 0) is 96.3 Å². The van der Waals surface area contributed by atoms with Crippen molar-refractivity contribution in [2.24, 2.45) is 0 Å². The number of phosphoric acid groups is 1. The van der Waals surface area contributed by atoms with Crippen LogP contribution < -0.4 is 0 Å². The van der Waals surface area contributed by atoms with Crippen LogP contribution in [-0.2, 0) is 42.2 Å². The fraction of sp³-hybridized carbons (Fsp3) is 0.726. The summed E-state index contributed by atoms with van der Waals surface area (Å²) in [6, 6.07) is 0. The number of rotatable bonds is 54. The van der Waals surface area contributed by atoms with E-state index >= 15 is 0 Å². The molecule has 0 aliphatic heterocycles. The summed E-state index contributed by atoms with van der Waals surface area (Å²) >= 11 is 0. The normalized spacial score (nSPS) is 14.0. The molecule has 0 aromatic rings. The third-order valence-corrected chi connectivity index (χ3v) is 13.3. The van der Waals surface area contributed by atoms with Crippen molar-refractivity contribution in [3.63, 3.8) is 0 Å². The minimum absolute atomic E-state index is 0.134. The first kappa shape index (κ1) is 70.7. The number of aliphatic hydroxyl groups excluding tert-OH is 1. The van der Waals surface area contributed by atoms with Crippen molar-refractivity contribution in [1.29, 1.82) is 0 Å². The highest BCUT2D eigenvalue weighted by molar-refractivity contribution is 7.47. The molecule has 12 heteroatoms. The molecule has 0 fully saturated rings. The fourth-order valence-corrected chi connectivity index (χ4v) is 8.61. The van der Waals surface area contributed by atoms with Gasteiger partial charge in [0.1, 0.15) is 12.7 Å². The number of ether oxygens (including phenoxy) is 3. The van der Waals surface area contributed by atoms with E-state index < -0.39 is 57.8 Å². The number of allylic oxidation sites excluding steroid dienone is 14. The summed E-state index contributed by atoms with van der Waals surface area (Å²) in [5.41, 5.74) is 0. The van der Waals surface area contributed by atoms with E-state index in [0.717, 1.165) is 122 Å². The quantitative estimate of drug-likeness (QED) is 0.0197. The molecule has 0 radical (unpaired) electrons. The molecule has 0 amide bonds. The monoisotopic (exact) mass is 1060 g/mol. The van der Waals surface area contributed by atoms with E-state index in [-0.39, 0.29) is 25.9 Å². The lowest BCUT2D eigenvalue weighted by molar-refractivity contribution is -0.161. The molecule has 0 aromatic heterocycles. The Kier molecular flexibility index (Phi) is 53.4. The Balaban J connectivity index is 4.79. The van der Waals surface area contributed by atoms with Crippen LogP contribution in [0.25, 0.3) is 0 Å². The number of phosphoric ester groups is 1. The first-order chi connectivity index (χ1) is 36.2. The second kappa shape index (κ2) is 55.9. The summed E-state index contributed by atoms with van der Waals surface area (Å²) < 4.78 is 39.5. The number of esters is 3. The van der Waals surface area contributed by atoms with E-state index in [1.165, 1.54) is 70.6 Å². The van der Waals surface area contributed by atoms with E-state index in [0.29, 0.717) is 19.3 Å². The van der Waals surface area contributed by atoms with Crippen LogP contribution in [0.1, 0.15) is 252 Å². The lowest BCUT2D eigenvalue weighted by Crippen LogP contribution is -2.30. The first-order valence-electron chi connectivity index (χ1n) is 29.5. The van der Waals surface area contributed by atoms with Crippen LogP contribution in [-0.4, -0.2) is 66.5 Å². The smallest absolute Gasteiger partial charge is 0.462 e. The zero-order valence-electron chi connectivity index (χ0n) is 47.0. The third kappa shape index (κ3) is 53.5. The number of hydrogen-bond donors (Lipinski definition) is 2. The Labute approximate surface area is 451 Å². The number of hydrogen-bond acceptors (Lipinski definition) is 10. The Morgan fingerprint density at radius 2 is 0.703 bits per heavy atom. The third-order valence-electron chi connectivity index (χ3n) is 12.3. The topological polar surface area (TPSA) is 155 Å². The molecule has 0 aliphatic carbocycles. The second-order valence-corrected chi connectivity index (χ2v) is 20.9. The number of carbonyl (C=O) groups is 3. The van der Waals surface area contributed by atoms with Gasteiger partial charge in [0, 0.05) is 19.3 Å². The molecular formula is C62H107O11P. The molecule has 0 rings (SSSR count). The average molecular weight is 1060 g/mol. The Morgan fingerprint density at radius 3 is 1.11 bits per heavy atom. The molecule has 11 nitrogen and oxygen atoms in total. The molecule has 0 aromatic carbocycles. The highest BCUT2D eigenvalue weighted by atomic mass is 31.2. The van der Waals surface area contributed by atoms with Crippen molar-refractivity contribution in [1.82, 2.24) is 0 Å². The molecule has 0 bridgehead atoms. The first-order valence-corrected chi connectivity index (χ1v) is 31.0. The van der Waals surface area contributed by atoms with Crippen molar-refractivity contribution in [2.75, 3.05) is 26.4 Å². The van der Waals surface area contributed by atoms with Crippen LogP contribution in [0.3, 0.4) is 0 Å². The summed E-state index contributed by atoms with van der Waals surface area (Å²) in [5.74, 6) is -1.51. The van der Waals surface area contributed by atoms with Gasteiger partial charge in [0.05, 0.1) is 19.8 Å². The highest BCUT2D eigenvalue weighted by Gasteiger charge is 2.28. The molecular weight excluding hydrogens is 952 g/mol. The average Bonchev–Trinajstić information content (AvgIpc) is 3.39. The lowest BCUT2D eigenvalue weighted by atomic mass is 10.1. The molecule has 2 N–H and O–H groups in total. The maximum Gasteiger partial charge on any atom is 0.472 e. The Morgan fingerprint density at radius 1 is 0.392 bits per heavy atom. The Bertz CT molecular complexity index is 1560. The maximum absolute atomic E-state index is 12.9. The number of unbranched alkanes of at least 4 members (excludes halogenated alkanes) is 23. The summed E-state index contributed by atoms with van der Waals surface area (Å²) in [6.45, 7) is 4.46. The molecule has 0 spiro atoms. The van der Waals surface area contributed by atoms with Gasteiger partial charge < -0.3 is 24.2 Å². The van der Waals surface area contributed by atoms with Crippen molar-refractivity contribution < 1.29 is 52.2 Å². The highest BCUT2D eigenvalue weighted by Crippen LogP contribution is 2.43. The van der Waals surface area contributed by atoms with E-state index in [4.69, 9.17) is 23.3 Å². The van der Waals surface area contributed by atoms with Crippen molar-refractivity contribution >= 4 is 25.7 Å². The van der Waals surface area contributed by atoms with Gasteiger partial charge >= 0.3 is 25.7 Å². The van der Waals surface area contributed by atoms with Crippen LogP contribution in [0, 0.1) is 0 Å². The molecule has 0 saturated carbocycles. The molecule has 0 aliphatic rings. The van der Waals surface area contributed by atoms with Crippen LogP contribution >= 0.6 is 7.82 Å². The van der Waals surface area contributed by atoms with Crippen molar-refractivity contribution in [3.8, 4) is 0 Å². The van der Waals surface area contributed by atoms with Gasteiger partial charge in [-0.15, -0.1) is 0 Å². The minimum atomic E-state index is -4.76. The van der Waals surface area contributed by atoms with Crippen molar-refractivity contribution in [2.45, 2.75) is 264 Å². The van der Waals surface area contributed by atoms with E-state index in [1.807, 2.05) is 0 Å². The Hall–Kier alpha value is -3.34. The number of carbonyl (C=O) groups excluding carboxylic acids is 3. The summed E-state index contributed by atoms with van der Waals surface area (Å²) in [6.07, 6.45) is 63.9. The molecule has 3 atom stereocenters. The van der Waals surface area contributed by atoms with Crippen LogP contribution in [0.4, 0.5) is 0 Å². The predicted octanol–water partition coefficient (Wildman–Crippen LogP) is 17.5. The summed E-state index contributed by atoms with van der Waals surface area (Å²) in [7, 11) is -4.76. The van der Waals surface area contributed by atoms with Gasteiger partial charge in [0.25, 0.3) is 0 Å². The lowest BCUT2D eigenvalue weighted by Gasteiger charge is -2.21. The molecule has 74 heavy (non-hydrogen) atoms. The SMILES string of the molecule is CC/C=C\C/C=C\C/C=C\C/C=C\CCCCCCC(=O)OC(COC(=O)CCCCCCCC/C=C\C/C=C\C/C=C\CCCCC)COP(=O)(O)OCC(CO)OC(=O)CCCCCCCCCCCCC. The van der Waals surface area contributed by atoms with E-state index in [9.17, 15) is 28.9 Å².